The lowest BCUT2D eigenvalue weighted by Gasteiger charge is -1.97. The Morgan fingerprint density at radius 3 is 2.30 bits per heavy atom. The first-order chi connectivity index (χ1) is 4.93. The Morgan fingerprint density at radius 2 is 1.90 bits per heavy atom. The maximum atomic E-state index is 3.40. The first-order valence-corrected chi connectivity index (χ1v) is 4.64. The topological polar surface area (TPSA) is 12.0 Å². The van der Waals surface area contributed by atoms with Gasteiger partial charge in [0.1, 0.15) is 0 Å². The molecule has 0 saturated heterocycles. The highest BCUT2D eigenvalue weighted by molar-refractivity contribution is 4.74. The van der Waals surface area contributed by atoms with Gasteiger partial charge in [0.25, 0.3) is 0 Å². The first kappa shape index (κ1) is 9.96. The molecule has 62 valence electrons. The summed E-state index contributed by atoms with van der Waals surface area (Å²) in [5, 5.41) is 3.40. The van der Waals surface area contributed by atoms with Crippen molar-refractivity contribution in [2.75, 3.05) is 13.1 Å². The van der Waals surface area contributed by atoms with E-state index < -0.39 is 0 Å². The van der Waals surface area contributed by atoms with Crippen LogP contribution in [-0.4, -0.2) is 13.1 Å². The van der Waals surface area contributed by atoms with Crippen LogP contribution in [0.5, 0.6) is 0 Å². The SMILES string of the molecule is CC.CCCNCC1CC1. The van der Waals surface area contributed by atoms with Gasteiger partial charge < -0.3 is 5.32 Å². The fourth-order valence-corrected chi connectivity index (χ4v) is 0.805. The molecule has 1 saturated carbocycles. The van der Waals surface area contributed by atoms with Gasteiger partial charge in [0.05, 0.1) is 0 Å². The lowest BCUT2D eigenvalue weighted by Crippen LogP contribution is -2.16. The largest absolute Gasteiger partial charge is 0.316 e. The maximum Gasteiger partial charge on any atom is -0.00205 e. The molecule has 1 N–H and O–H groups in total. The van der Waals surface area contributed by atoms with Crippen LogP contribution in [0.25, 0.3) is 0 Å². The summed E-state index contributed by atoms with van der Waals surface area (Å²) >= 11 is 0. The molecule has 0 bridgehead atoms. The van der Waals surface area contributed by atoms with Crippen molar-refractivity contribution in [2.24, 2.45) is 5.92 Å². The molecule has 0 aliphatic heterocycles. The van der Waals surface area contributed by atoms with Gasteiger partial charge in [0, 0.05) is 0 Å². The van der Waals surface area contributed by atoms with Gasteiger partial charge in [0.2, 0.25) is 0 Å². The molecule has 1 aliphatic rings. The third-order valence-electron chi connectivity index (χ3n) is 1.56. The Hall–Kier alpha value is -0.0400. The molecule has 1 aliphatic carbocycles. The van der Waals surface area contributed by atoms with Crippen LogP contribution >= 0.6 is 0 Å². The zero-order valence-corrected chi connectivity index (χ0v) is 7.61. The van der Waals surface area contributed by atoms with Gasteiger partial charge >= 0.3 is 0 Å². The van der Waals surface area contributed by atoms with Crippen LogP contribution in [0, 0.1) is 5.92 Å². The molecule has 1 fully saturated rings. The van der Waals surface area contributed by atoms with Crippen molar-refractivity contribution in [2.45, 2.75) is 40.0 Å². The number of hydrogen-bond acceptors (Lipinski definition) is 1. The minimum Gasteiger partial charge on any atom is -0.316 e. The van der Waals surface area contributed by atoms with E-state index in [1.54, 1.807) is 0 Å². The molecule has 1 heteroatoms. The highest BCUT2D eigenvalue weighted by Crippen LogP contribution is 2.27. The Kier molecular flexibility index (Phi) is 7.04. The van der Waals surface area contributed by atoms with Crippen molar-refractivity contribution in [3.05, 3.63) is 0 Å². The summed E-state index contributed by atoms with van der Waals surface area (Å²) in [5.74, 6) is 1.04. The minimum atomic E-state index is 1.04. The number of hydrogen-bond donors (Lipinski definition) is 1. The molecule has 0 aromatic heterocycles. The predicted molar refractivity (Wildman–Crippen MR) is 47.2 cm³/mol. The van der Waals surface area contributed by atoms with E-state index in [9.17, 15) is 0 Å². The van der Waals surface area contributed by atoms with E-state index >= 15 is 0 Å². The van der Waals surface area contributed by atoms with Crippen LogP contribution in [0.3, 0.4) is 0 Å². The molecule has 0 aromatic carbocycles. The molecular formula is C9H21N. The lowest BCUT2D eigenvalue weighted by atomic mass is 10.4. The van der Waals surface area contributed by atoms with Crippen molar-refractivity contribution in [1.29, 1.82) is 0 Å². The van der Waals surface area contributed by atoms with Crippen LogP contribution in [0.4, 0.5) is 0 Å². The molecule has 1 rings (SSSR count). The zero-order chi connectivity index (χ0) is 7.82. The monoisotopic (exact) mass is 143 g/mol. The van der Waals surface area contributed by atoms with Crippen LogP contribution < -0.4 is 5.32 Å². The molecule has 1 nitrogen and oxygen atoms in total. The van der Waals surface area contributed by atoms with Gasteiger partial charge in [-0.1, -0.05) is 20.8 Å². The van der Waals surface area contributed by atoms with Gasteiger partial charge in [-0.2, -0.15) is 0 Å². The van der Waals surface area contributed by atoms with E-state index in [4.69, 9.17) is 0 Å². The first-order valence-electron chi connectivity index (χ1n) is 4.64. The van der Waals surface area contributed by atoms with Crippen molar-refractivity contribution in [3.8, 4) is 0 Å². The Balaban J connectivity index is 0.000000371. The zero-order valence-electron chi connectivity index (χ0n) is 7.61. The molecule has 0 heterocycles. The highest BCUT2D eigenvalue weighted by atomic mass is 14.9. The summed E-state index contributed by atoms with van der Waals surface area (Å²) in [7, 11) is 0. The van der Waals surface area contributed by atoms with Crippen LogP contribution in [0.15, 0.2) is 0 Å². The van der Waals surface area contributed by atoms with Gasteiger partial charge in [-0.25, -0.2) is 0 Å². The van der Waals surface area contributed by atoms with E-state index in [2.05, 4.69) is 12.2 Å². The Labute approximate surface area is 65.2 Å². The second-order valence-electron chi connectivity index (χ2n) is 2.65. The van der Waals surface area contributed by atoms with Gasteiger partial charge in [-0.05, 0) is 38.3 Å². The number of nitrogens with one attached hydrogen (secondary N) is 1. The molecule has 0 radical (unpaired) electrons. The maximum absolute atomic E-state index is 3.40. The second kappa shape index (κ2) is 7.07. The van der Waals surface area contributed by atoms with Crippen LogP contribution in [0.1, 0.15) is 40.0 Å². The Morgan fingerprint density at radius 1 is 1.30 bits per heavy atom. The fourth-order valence-electron chi connectivity index (χ4n) is 0.805. The number of rotatable bonds is 4. The lowest BCUT2D eigenvalue weighted by molar-refractivity contribution is 0.630. The molecular weight excluding hydrogens is 122 g/mol. The molecule has 0 atom stereocenters. The van der Waals surface area contributed by atoms with E-state index in [1.807, 2.05) is 13.8 Å². The summed E-state index contributed by atoms with van der Waals surface area (Å²) in [6.45, 7) is 8.68. The molecule has 0 amide bonds. The summed E-state index contributed by atoms with van der Waals surface area (Å²) in [5.41, 5.74) is 0. The summed E-state index contributed by atoms with van der Waals surface area (Å²) in [4.78, 5) is 0. The van der Waals surface area contributed by atoms with Crippen LogP contribution in [0.2, 0.25) is 0 Å². The quantitative estimate of drug-likeness (QED) is 0.596. The average Bonchev–Trinajstić information content (AvgIpc) is 2.77. The van der Waals surface area contributed by atoms with Gasteiger partial charge in [-0.3, -0.25) is 0 Å². The minimum absolute atomic E-state index is 1.04. The van der Waals surface area contributed by atoms with Crippen molar-refractivity contribution < 1.29 is 0 Å². The smallest absolute Gasteiger partial charge is 0.00205 e. The third-order valence-corrected chi connectivity index (χ3v) is 1.56. The molecule has 10 heavy (non-hydrogen) atoms. The molecule has 0 aromatic rings. The van der Waals surface area contributed by atoms with E-state index in [-0.39, 0.29) is 0 Å². The van der Waals surface area contributed by atoms with E-state index in [0.717, 1.165) is 5.92 Å². The average molecular weight is 143 g/mol. The second-order valence-corrected chi connectivity index (χ2v) is 2.65. The van der Waals surface area contributed by atoms with E-state index in [1.165, 1.54) is 32.4 Å². The fraction of sp³-hybridized carbons (Fsp3) is 1.00. The molecule has 0 spiro atoms. The summed E-state index contributed by atoms with van der Waals surface area (Å²) in [6, 6.07) is 0. The van der Waals surface area contributed by atoms with E-state index in [0.29, 0.717) is 0 Å². The normalized spacial score (nSPS) is 15.9. The van der Waals surface area contributed by atoms with Gasteiger partial charge in [0.15, 0.2) is 0 Å². The standard InChI is InChI=1S/C7H15N.C2H6/c1-2-5-8-6-7-3-4-7;1-2/h7-8H,2-6H2,1H3;1-2H3. The molecule has 0 unspecified atom stereocenters. The third kappa shape index (κ3) is 6.09. The van der Waals surface area contributed by atoms with Crippen LogP contribution in [-0.2, 0) is 0 Å². The highest BCUT2D eigenvalue weighted by Gasteiger charge is 2.19. The predicted octanol–water partition coefficient (Wildman–Crippen LogP) is 2.42. The van der Waals surface area contributed by atoms with Crippen molar-refractivity contribution in [1.82, 2.24) is 5.32 Å². The van der Waals surface area contributed by atoms with Crippen molar-refractivity contribution in [3.63, 3.8) is 0 Å². The summed E-state index contributed by atoms with van der Waals surface area (Å²) in [6.07, 6.45) is 4.21. The Bertz CT molecular complexity index is 57.7. The summed E-state index contributed by atoms with van der Waals surface area (Å²) < 4.78 is 0. The van der Waals surface area contributed by atoms with Crippen molar-refractivity contribution >= 4 is 0 Å². The van der Waals surface area contributed by atoms with Gasteiger partial charge in [-0.15, -0.1) is 0 Å².